The zero-order valence-electron chi connectivity index (χ0n) is 12.3. The smallest absolute Gasteiger partial charge is 0.226 e. The van der Waals surface area contributed by atoms with Crippen molar-refractivity contribution in [3.05, 3.63) is 24.2 Å². The van der Waals surface area contributed by atoms with E-state index in [0.29, 0.717) is 26.1 Å². The first kappa shape index (κ1) is 15.6. The van der Waals surface area contributed by atoms with Gasteiger partial charge >= 0.3 is 0 Å². The molecule has 1 aliphatic carbocycles. The van der Waals surface area contributed by atoms with Crippen LogP contribution in [0, 0.1) is 23.2 Å². The molecule has 1 fully saturated rings. The first-order valence-corrected chi connectivity index (χ1v) is 7.64. The van der Waals surface area contributed by atoms with Crippen molar-refractivity contribution in [2.75, 3.05) is 13.1 Å². The number of nitrogens with two attached hydrogens (primary N) is 1. The monoisotopic (exact) mass is 289 g/mol. The van der Waals surface area contributed by atoms with Gasteiger partial charge in [-0.3, -0.25) is 4.79 Å². The predicted octanol–water partition coefficient (Wildman–Crippen LogP) is 2.29. The lowest BCUT2D eigenvalue weighted by molar-refractivity contribution is -0.139. The molecule has 2 atom stereocenters. The summed E-state index contributed by atoms with van der Waals surface area (Å²) < 4.78 is 5.33. The molecule has 0 saturated heterocycles. The van der Waals surface area contributed by atoms with Gasteiger partial charge in [-0.05, 0) is 37.4 Å². The van der Waals surface area contributed by atoms with Gasteiger partial charge in [-0.1, -0.05) is 12.8 Å². The minimum atomic E-state index is -0.00240. The van der Waals surface area contributed by atoms with Crippen LogP contribution < -0.4 is 5.73 Å². The highest BCUT2D eigenvalue weighted by Crippen LogP contribution is 2.31. The molecule has 1 aliphatic rings. The topological polar surface area (TPSA) is 83.3 Å². The average molecular weight is 289 g/mol. The molecule has 0 radical (unpaired) electrons. The molecule has 2 rings (SSSR count). The maximum Gasteiger partial charge on any atom is 0.226 e. The van der Waals surface area contributed by atoms with E-state index in [4.69, 9.17) is 15.4 Å². The lowest BCUT2D eigenvalue weighted by Gasteiger charge is -2.33. The summed E-state index contributed by atoms with van der Waals surface area (Å²) in [5.41, 5.74) is 5.83. The Morgan fingerprint density at radius 1 is 1.48 bits per heavy atom. The van der Waals surface area contributed by atoms with Crippen LogP contribution in [0.3, 0.4) is 0 Å². The standard InChI is InChI=1S/C16H23N3O2/c17-8-4-9-19(12-14-6-3-10-21-14)16(20)15-7-2-1-5-13(15)11-18/h3,6,10,13,15H,1-2,4-5,7,9,11-12,18H2. The predicted molar refractivity (Wildman–Crippen MR) is 78.9 cm³/mol. The highest BCUT2D eigenvalue weighted by molar-refractivity contribution is 5.79. The Morgan fingerprint density at radius 2 is 2.29 bits per heavy atom. The number of rotatable bonds is 6. The number of nitrogens with zero attached hydrogens (tertiary/aromatic N) is 2. The van der Waals surface area contributed by atoms with Crippen LogP contribution in [0.4, 0.5) is 0 Å². The molecule has 21 heavy (non-hydrogen) atoms. The number of carbonyl (C=O) groups excluding carboxylic acids is 1. The van der Waals surface area contributed by atoms with Crippen LogP contribution in [0.2, 0.25) is 0 Å². The molecular formula is C16H23N3O2. The third-order valence-corrected chi connectivity index (χ3v) is 4.26. The van der Waals surface area contributed by atoms with E-state index < -0.39 is 0 Å². The summed E-state index contributed by atoms with van der Waals surface area (Å²) in [6.45, 7) is 1.44. The maximum atomic E-state index is 12.8. The Kier molecular flexibility index (Phi) is 5.82. The number of nitriles is 1. The zero-order valence-corrected chi connectivity index (χ0v) is 12.3. The highest BCUT2D eigenvalue weighted by atomic mass is 16.3. The van der Waals surface area contributed by atoms with E-state index in [1.807, 2.05) is 12.1 Å². The van der Waals surface area contributed by atoms with E-state index in [9.17, 15) is 4.79 Å². The minimum absolute atomic E-state index is 0.00240. The van der Waals surface area contributed by atoms with Crippen molar-refractivity contribution >= 4 is 5.91 Å². The van der Waals surface area contributed by atoms with Gasteiger partial charge < -0.3 is 15.1 Å². The summed E-state index contributed by atoms with van der Waals surface area (Å²) in [6, 6.07) is 5.78. The van der Waals surface area contributed by atoms with Crippen molar-refractivity contribution in [1.29, 1.82) is 5.26 Å². The van der Waals surface area contributed by atoms with Gasteiger partial charge in [0.15, 0.2) is 0 Å². The van der Waals surface area contributed by atoms with Gasteiger partial charge in [0.25, 0.3) is 0 Å². The number of hydrogen-bond donors (Lipinski definition) is 1. The van der Waals surface area contributed by atoms with E-state index in [-0.39, 0.29) is 17.7 Å². The number of carbonyl (C=O) groups is 1. The molecule has 114 valence electrons. The third kappa shape index (κ3) is 4.08. The molecule has 0 aliphatic heterocycles. The summed E-state index contributed by atoms with van der Waals surface area (Å²) in [4.78, 5) is 14.6. The Hall–Kier alpha value is -1.80. The van der Waals surface area contributed by atoms with Crippen LogP contribution >= 0.6 is 0 Å². The molecule has 0 spiro atoms. The fourth-order valence-corrected chi connectivity index (χ4v) is 3.09. The van der Waals surface area contributed by atoms with Crippen LogP contribution in [0.25, 0.3) is 0 Å². The maximum absolute atomic E-state index is 12.8. The molecule has 1 amide bonds. The lowest BCUT2D eigenvalue weighted by Crippen LogP contribution is -2.42. The van der Waals surface area contributed by atoms with Crippen molar-refractivity contribution in [3.63, 3.8) is 0 Å². The molecule has 1 aromatic heterocycles. The second-order valence-electron chi connectivity index (χ2n) is 5.63. The fourth-order valence-electron chi connectivity index (χ4n) is 3.09. The average Bonchev–Trinajstić information content (AvgIpc) is 3.03. The molecule has 1 aromatic rings. The van der Waals surface area contributed by atoms with Crippen LogP contribution in [0.5, 0.6) is 0 Å². The van der Waals surface area contributed by atoms with E-state index in [2.05, 4.69) is 6.07 Å². The van der Waals surface area contributed by atoms with Crippen LogP contribution in [0.15, 0.2) is 22.8 Å². The van der Waals surface area contributed by atoms with Crippen molar-refractivity contribution < 1.29 is 9.21 Å². The van der Waals surface area contributed by atoms with Gasteiger partial charge in [0.05, 0.1) is 25.3 Å². The normalized spacial score (nSPS) is 21.7. The van der Waals surface area contributed by atoms with Crippen LogP contribution in [-0.4, -0.2) is 23.9 Å². The summed E-state index contributed by atoms with van der Waals surface area (Å²) in [6.07, 6.45) is 6.11. The molecule has 0 bridgehead atoms. The molecular weight excluding hydrogens is 266 g/mol. The van der Waals surface area contributed by atoms with Crippen molar-refractivity contribution in [3.8, 4) is 6.07 Å². The first-order valence-electron chi connectivity index (χ1n) is 7.64. The van der Waals surface area contributed by atoms with Gasteiger partial charge in [-0.2, -0.15) is 5.26 Å². The van der Waals surface area contributed by atoms with E-state index in [0.717, 1.165) is 31.4 Å². The van der Waals surface area contributed by atoms with Crippen LogP contribution in [-0.2, 0) is 11.3 Å². The minimum Gasteiger partial charge on any atom is -0.467 e. The summed E-state index contributed by atoms with van der Waals surface area (Å²) in [7, 11) is 0. The SMILES string of the molecule is N#CCCN(Cc1ccco1)C(=O)C1CCCCC1CN. The largest absolute Gasteiger partial charge is 0.467 e. The molecule has 0 aromatic carbocycles. The molecule has 5 heteroatoms. The molecule has 1 saturated carbocycles. The van der Waals surface area contributed by atoms with Crippen LogP contribution in [0.1, 0.15) is 37.9 Å². The zero-order chi connectivity index (χ0) is 15.1. The van der Waals surface area contributed by atoms with Gasteiger partial charge in [0.1, 0.15) is 5.76 Å². The Morgan fingerprint density at radius 3 is 2.95 bits per heavy atom. The Bertz CT molecular complexity index is 478. The summed E-state index contributed by atoms with van der Waals surface area (Å²) in [5.74, 6) is 1.14. The Labute approximate surface area is 125 Å². The van der Waals surface area contributed by atoms with Gasteiger partial charge in [0.2, 0.25) is 5.91 Å². The van der Waals surface area contributed by atoms with Crippen molar-refractivity contribution in [2.24, 2.45) is 17.6 Å². The summed E-state index contributed by atoms with van der Waals surface area (Å²) in [5, 5.41) is 8.80. The second-order valence-corrected chi connectivity index (χ2v) is 5.63. The molecule has 1 heterocycles. The van der Waals surface area contributed by atoms with Gasteiger partial charge in [0, 0.05) is 12.5 Å². The summed E-state index contributed by atoms with van der Waals surface area (Å²) >= 11 is 0. The molecule has 2 N–H and O–H groups in total. The van der Waals surface area contributed by atoms with Gasteiger partial charge in [-0.15, -0.1) is 0 Å². The lowest BCUT2D eigenvalue weighted by atomic mass is 9.78. The number of amides is 1. The quantitative estimate of drug-likeness (QED) is 0.871. The van der Waals surface area contributed by atoms with E-state index in [1.165, 1.54) is 0 Å². The van der Waals surface area contributed by atoms with Crippen molar-refractivity contribution in [2.45, 2.75) is 38.6 Å². The highest BCUT2D eigenvalue weighted by Gasteiger charge is 2.33. The Balaban J connectivity index is 2.07. The van der Waals surface area contributed by atoms with E-state index >= 15 is 0 Å². The van der Waals surface area contributed by atoms with Crippen molar-refractivity contribution in [1.82, 2.24) is 4.90 Å². The molecule has 2 unspecified atom stereocenters. The van der Waals surface area contributed by atoms with Gasteiger partial charge in [-0.25, -0.2) is 0 Å². The first-order chi connectivity index (χ1) is 10.3. The van der Waals surface area contributed by atoms with E-state index in [1.54, 1.807) is 11.2 Å². The fraction of sp³-hybridized carbons (Fsp3) is 0.625. The number of furan rings is 1. The number of hydrogen-bond acceptors (Lipinski definition) is 4. The second kappa shape index (κ2) is 7.84. The third-order valence-electron chi connectivity index (χ3n) is 4.26. The molecule has 5 nitrogen and oxygen atoms in total.